The Morgan fingerprint density at radius 3 is 2.24 bits per heavy atom. The van der Waals surface area contributed by atoms with Crippen LogP contribution in [0.1, 0.15) is 31.1 Å². The average molecular weight is 295 g/mol. The minimum Gasteiger partial charge on any atom is -0.497 e. The van der Waals surface area contributed by atoms with Crippen LogP contribution in [0.25, 0.3) is 0 Å². The van der Waals surface area contributed by atoms with Gasteiger partial charge in [0.25, 0.3) is 5.91 Å². The van der Waals surface area contributed by atoms with Gasteiger partial charge in [0, 0.05) is 5.54 Å². The highest BCUT2D eigenvalue weighted by atomic mass is 16.5. The summed E-state index contributed by atoms with van der Waals surface area (Å²) in [7, 11) is 2.95. The number of carbonyl (C=O) groups excluding carboxylic acids is 1. The summed E-state index contributed by atoms with van der Waals surface area (Å²) < 4.78 is 10.3. The molecule has 0 aliphatic rings. The highest BCUT2D eigenvalue weighted by molar-refractivity contribution is 5.99. The highest BCUT2D eigenvalue weighted by Crippen LogP contribution is 2.27. The van der Waals surface area contributed by atoms with Gasteiger partial charge in [0.1, 0.15) is 18.0 Å². The molecular formula is C15H21NO5. The maximum atomic E-state index is 12.7. The Labute approximate surface area is 124 Å². The zero-order valence-corrected chi connectivity index (χ0v) is 13.0. The molecule has 1 rings (SSSR count). The van der Waals surface area contributed by atoms with Gasteiger partial charge in [-0.25, -0.2) is 0 Å². The molecule has 6 nitrogen and oxygen atoms in total. The second kappa shape index (κ2) is 6.47. The fourth-order valence-electron chi connectivity index (χ4n) is 1.88. The summed E-state index contributed by atoms with van der Waals surface area (Å²) in [6, 6.07) is 4.84. The molecule has 0 spiro atoms. The van der Waals surface area contributed by atoms with Gasteiger partial charge in [0.2, 0.25) is 0 Å². The number of aliphatic carboxylic acids is 1. The van der Waals surface area contributed by atoms with Crippen LogP contribution in [0, 0.1) is 0 Å². The van der Waals surface area contributed by atoms with Crippen LogP contribution in [-0.4, -0.2) is 48.2 Å². The molecule has 0 radical (unpaired) electrons. The summed E-state index contributed by atoms with van der Waals surface area (Å²) in [4.78, 5) is 25.0. The van der Waals surface area contributed by atoms with Gasteiger partial charge in [-0.1, -0.05) is 0 Å². The van der Waals surface area contributed by atoms with Gasteiger partial charge in [-0.05, 0) is 39.0 Å². The molecule has 0 aliphatic carbocycles. The van der Waals surface area contributed by atoms with E-state index in [-0.39, 0.29) is 12.1 Å². The third-order valence-corrected chi connectivity index (χ3v) is 2.99. The topological polar surface area (TPSA) is 76.1 Å². The second-order valence-electron chi connectivity index (χ2n) is 5.52. The van der Waals surface area contributed by atoms with Crippen LogP contribution in [0.15, 0.2) is 18.2 Å². The molecule has 6 heteroatoms. The van der Waals surface area contributed by atoms with E-state index in [1.165, 1.54) is 19.1 Å². The number of hydrogen-bond donors (Lipinski definition) is 1. The van der Waals surface area contributed by atoms with Crippen molar-refractivity contribution < 1.29 is 24.2 Å². The van der Waals surface area contributed by atoms with E-state index in [1.54, 1.807) is 39.0 Å². The van der Waals surface area contributed by atoms with Crippen molar-refractivity contribution in [3.8, 4) is 11.5 Å². The number of rotatable bonds is 5. The van der Waals surface area contributed by atoms with E-state index in [0.717, 1.165) is 0 Å². The molecule has 116 valence electrons. The lowest BCUT2D eigenvalue weighted by atomic mass is 10.0. The Morgan fingerprint density at radius 2 is 1.81 bits per heavy atom. The van der Waals surface area contributed by atoms with Gasteiger partial charge >= 0.3 is 5.97 Å². The standard InChI is InChI=1S/C15H21NO5/c1-15(2,3)16(9-13(17)18)14(19)11-8-10(20-4)6-7-12(11)21-5/h6-8H,9H2,1-5H3,(H,17,18). The van der Waals surface area contributed by atoms with Crippen LogP contribution in [0.5, 0.6) is 11.5 Å². The van der Waals surface area contributed by atoms with Gasteiger partial charge in [0.15, 0.2) is 0 Å². The number of carboxylic acids is 1. The Morgan fingerprint density at radius 1 is 1.19 bits per heavy atom. The highest BCUT2D eigenvalue weighted by Gasteiger charge is 2.31. The maximum absolute atomic E-state index is 12.7. The van der Waals surface area contributed by atoms with Crippen molar-refractivity contribution in [3.05, 3.63) is 23.8 Å². The normalized spacial score (nSPS) is 10.9. The predicted molar refractivity (Wildman–Crippen MR) is 78.0 cm³/mol. The zero-order valence-electron chi connectivity index (χ0n) is 13.0. The van der Waals surface area contributed by atoms with Crippen LogP contribution in [0.4, 0.5) is 0 Å². The van der Waals surface area contributed by atoms with Gasteiger partial charge in [-0.15, -0.1) is 0 Å². The first-order valence-corrected chi connectivity index (χ1v) is 6.46. The van der Waals surface area contributed by atoms with Crippen LogP contribution in [0.3, 0.4) is 0 Å². The maximum Gasteiger partial charge on any atom is 0.323 e. The fraction of sp³-hybridized carbons (Fsp3) is 0.467. The van der Waals surface area contributed by atoms with Gasteiger partial charge in [-0.2, -0.15) is 0 Å². The third-order valence-electron chi connectivity index (χ3n) is 2.99. The van der Waals surface area contributed by atoms with E-state index in [9.17, 15) is 9.59 Å². The molecule has 0 aliphatic heterocycles. The smallest absolute Gasteiger partial charge is 0.323 e. The van der Waals surface area contributed by atoms with Crippen molar-refractivity contribution in [2.45, 2.75) is 26.3 Å². The zero-order chi connectivity index (χ0) is 16.2. The van der Waals surface area contributed by atoms with Crippen molar-refractivity contribution in [2.24, 2.45) is 0 Å². The van der Waals surface area contributed by atoms with E-state index < -0.39 is 17.4 Å². The molecule has 0 atom stereocenters. The van der Waals surface area contributed by atoms with Gasteiger partial charge < -0.3 is 19.5 Å². The lowest BCUT2D eigenvalue weighted by Gasteiger charge is -2.34. The van der Waals surface area contributed by atoms with Crippen LogP contribution in [-0.2, 0) is 4.79 Å². The first-order chi connectivity index (χ1) is 9.70. The van der Waals surface area contributed by atoms with Crippen molar-refractivity contribution in [1.29, 1.82) is 0 Å². The number of nitrogens with zero attached hydrogens (tertiary/aromatic N) is 1. The molecule has 0 saturated heterocycles. The van der Waals surface area contributed by atoms with E-state index in [0.29, 0.717) is 11.5 Å². The summed E-state index contributed by atoms with van der Waals surface area (Å²) >= 11 is 0. The second-order valence-corrected chi connectivity index (χ2v) is 5.52. The number of benzene rings is 1. The molecule has 0 heterocycles. The van der Waals surface area contributed by atoms with Crippen molar-refractivity contribution >= 4 is 11.9 Å². The number of carbonyl (C=O) groups is 2. The molecule has 0 saturated carbocycles. The monoisotopic (exact) mass is 295 g/mol. The third kappa shape index (κ3) is 4.11. The molecule has 1 amide bonds. The number of ether oxygens (including phenoxy) is 2. The number of amides is 1. The molecular weight excluding hydrogens is 274 g/mol. The predicted octanol–water partition coefficient (Wildman–Crippen LogP) is 2.03. The van der Waals surface area contributed by atoms with E-state index in [4.69, 9.17) is 14.6 Å². The van der Waals surface area contributed by atoms with Crippen molar-refractivity contribution in [3.63, 3.8) is 0 Å². The summed E-state index contributed by atoms with van der Waals surface area (Å²) in [5, 5.41) is 9.02. The van der Waals surface area contributed by atoms with E-state index in [1.807, 2.05) is 0 Å². The fourth-order valence-corrected chi connectivity index (χ4v) is 1.88. The lowest BCUT2D eigenvalue weighted by Crippen LogP contribution is -2.48. The summed E-state index contributed by atoms with van der Waals surface area (Å²) in [5.41, 5.74) is -0.364. The molecule has 1 aromatic carbocycles. The van der Waals surface area contributed by atoms with Crippen LogP contribution < -0.4 is 9.47 Å². The molecule has 21 heavy (non-hydrogen) atoms. The SMILES string of the molecule is COc1ccc(OC)c(C(=O)N(CC(=O)O)C(C)(C)C)c1. The van der Waals surface area contributed by atoms with Crippen molar-refractivity contribution in [2.75, 3.05) is 20.8 Å². The quantitative estimate of drug-likeness (QED) is 0.899. The Balaban J connectivity index is 3.28. The summed E-state index contributed by atoms with van der Waals surface area (Å²) in [6.45, 7) is 4.95. The lowest BCUT2D eigenvalue weighted by molar-refractivity contribution is -0.138. The molecule has 0 aromatic heterocycles. The van der Waals surface area contributed by atoms with Gasteiger partial charge in [0.05, 0.1) is 19.8 Å². The van der Waals surface area contributed by atoms with E-state index in [2.05, 4.69) is 0 Å². The first-order valence-electron chi connectivity index (χ1n) is 6.46. The minimum absolute atomic E-state index is 0.271. The Kier molecular flexibility index (Phi) is 5.18. The molecule has 1 aromatic rings. The Bertz CT molecular complexity index is 533. The Hall–Kier alpha value is -2.24. The molecule has 0 bridgehead atoms. The molecule has 0 fully saturated rings. The number of carboxylic acid groups (broad SMARTS) is 1. The van der Waals surface area contributed by atoms with Crippen LogP contribution in [0.2, 0.25) is 0 Å². The molecule has 0 unspecified atom stereocenters. The largest absolute Gasteiger partial charge is 0.497 e. The van der Waals surface area contributed by atoms with E-state index >= 15 is 0 Å². The average Bonchev–Trinajstić information content (AvgIpc) is 2.41. The number of hydrogen-bond acceptors (Lipinski definition) is 4. The summed E-state index contributed by atoms with van der Waals surface area (Å²) in [5.74, 6) is -0.607. The minimum atomic E-state index is -1.07. The first kappa shape index (κ1) is 16.8. The molecule has 1 N–H and O–H groups in total. The number of methoxy groups -OCH3 is 2. The van der Waals surface area contributed by atoms with Crippen LogP contribution >= 0.6 is 0 Å². The van der Waals surface area contributed by atoms with Crippen molar-refractivity contribution in [1.82, 2.24) is 4.90 Å². The summed E-state index contributed by atoms with van der Waals surface area (Å²) in [6.07, 6.45) is 0. The van der Waals surface area contributed by atoms with Gasteiger partial charge in [-0.3, -0.25) is 9.59 Å².